The van der Waals surface area contributed by atoms with Crippen molar-refractivity contribution in [3.05, 3.63) is 35.4 Å². The summed E-state index contributed by atoms with van der Waals surface area (Å²) in [6.45, 7) is 4.73. The Kier molecular flexibility index (Phi) is 7.90. The van der Waals surface area contributed by atoms with Crippen LogP contribution in [0.15, 0.2) is 24.3 Å². The average Bonchev–Trinajstić information content (AvgIpc) is 2.58. The molecule has 1 heterocycles. The van der Waals surface area contributed by atoms with Crippen molar-refractivity contribution in [2.75, 3.05) is 32.8 Å². The number of nitrogens with one attached hydrogen (secondary N) is 1. The van der Waals surface area contributed by atoms with Gasteiger partial charge < -0.3 is 15.0 Å². The minimum absolute atomic E-state index is 0.129. The number of likely N-dealkylation sites (tertiary alicyclic amines) is 1. The Morgan fingerprint density at radius 3 is 2.69 bits per heavy atom. The Balaban J connectivity index is 1.65. The first kappa shape index (κ1) is 20.7. The molecule has 1 aromatic rings. The van der Waals surface area contributed by atoms with E-state index in [9.17, 15) is 18.0 Å². The first-order chi connectivity index (χ1) is 12.3. The standard InChI is InChI=1S/C19H27F3N2O2/c1-15-4-2-10-24(12-15)11-3-9-23-18(25)17-7-5-16(6-8-17)13-26-14-19(20,21)22/h5-8,15H,2-4,9-14H2,1H3,(H,23,25). The van der Waals surface area contributed by atoms with Crippen LogP contribution in [-0.4, -0.2) is 49.8 Å². The third kappa shape index (κ3) is 7.74. The minimum Gasteiger partial charge on any atom is -0.367 e. The number of carbonyl (C=O) groups excluding carboxylic acids is 1. The fourth-order valence-corrected chi connectivity index (χ4v) is 3.13. The average molecular weight is 372 g/mol. The van der Waals surface area contributed by atoms with E-state index in [-0.39, 0.29) is 12.5 Å². The highest BCUT2D eigenvalue weighted by Gasteiger charge is 2.27. The van der Waals surface area contributed by atoms with Crippen LogP contribution in [0.3, 0.4) is 0 Å². The summed E-state index contributed by atoms with van der Waals surface area (Å²) >= 11 is 0. The van der Waals surface area contributed by atoms with Gasteiger partial charge in [-0.1, -0.05) is 19.1 Å². The number of carbonyl (C=O) groups is 1. The van der Waals surface area contributed by atoms with Crippen LogP contribution in [0.1, 0.15) is 42.1 Å². The van der Waals surface area contributed by atoms with Gasteiger partial charge in [0, 0.05) is 18.7 Å². The second-order valence-corrected chi connectivity index (χ2v) is 6.96. The number of benzene rings is 1. The van der Waals surface area contributed by atoms with Gasteiger partial charge in [0.25, 0.3) is 5.91 Å². The van der Waals surface area contributed by atoms with Crippen LogP contribution >= 0.6 is 0 Å². The van der Waals surface area contributed by atoms with Crippen LogP contribution in [0.25, 0.3) is 0 Å². The number of ether oxygens (including phenoxy) is 1. The van der Waals surface area contributed by atoms with Gasteiger partial charge in [-0.25, -0.2) is 0 Å². The van der Waals surface area contributed by atoms with E-state index in [2.05, 4.69) is 21.9 Å². The van der Waals surface area contributed by atoms with Gasteiger partial charge in [0.15, 0.2) is 0 Å². The Labute approximate surface area is 152 Å². The molecule has 26 heavy (non-hydrogen) atoms. The van der Waals surface area contributed by atoms with Gasteiger partial charge in [-0.05, 0) is 56.0 Å². The van der Waals surface area contributed by atoms with Crippen LogP contribution in [0, 0.1) is 5.92 Å². The van der Waals surface area contributed by atoms with Crippen molar-refractivity contribution in [2.24, 2.45) is 5.92 Å². The number of amides is 1. The molecule has 1 aliphatic heterocycles. The molecule has 0 saturated carbocycles. The van der Waals surface area contributed by atoms with E-state index in [1.807, 2.05) is 0 Å². The highest BCUT2D eigenvalue weighted by molar-refractivity contribution is 5.94. The molecule has 1 atom stereocenters. The van der Waals surface area contributed by atoms with Crippen LogP contribution < -0.4 is 5.32 Å². The Morgan fingerprint density at radius 1 is 1.31 bits per heavy atom. The van der Waals surface area contributed by atoms with Crippen molar-refractivity contribution in [3.63, 3.8) is 0 Å². The number of alkyl halides is 3. The van der Waals surface area contributed by atoms with E-state index < -0.39 is 12.8 Å². The van der Waals surface area contributed by atoms with Crippen molar-refractivity contribution in [1.82, 2.24) is 10.2 Å². The van der Waals surface area contributed by atoms with E-state index in [1.54, 1.807) is 24.3 Å². The van der Waals surface area contributed by atoms with Gasteiger partial charge in [0.2, 0.25) is 0 Å². The number of halogens is 3. The molecule has 0 aliphatic carbocycles. The Morgan fingerprint density at radius 2 is 2.04 bits per heavy atom. The van der Waals surface area contributed by atoms with Crippen LogP contribution in [0.2, 0.25) is 0 Å². The molecule has 0 spiro atoms. The van der Waals surface area contributed by atoms with Gasteiger partial charge in [0.1, 0.15) is 6.61 Å². The Hall–Kier alpha value is -1.60. The maximum atomic E-state index is 12.1. The topological polar surface area (TPSA) is 41.6 Å². The van der Waals surface area contributed by atoms with Crippen molar-refractivity contribution in [1.29, 1.82) is 0 Å². The number of hydrogen-bond donors (Lipinski definition) is 1. The zero-order valence-corrected chi connectivity index (χ0v) is 15.1. The summed E-state index contributed by atoms with van der Waals surface area (Å²) in [5.41, 5.74) is 1.10. The fourth-order valence-electron chi connectivity index (χ4n) is 3.13. The zero-order chi connectivity index (χ0) is 19.0. The molecular weight excluding hydrogens is 345 g/mol. The lowest BCUT2D eigenvalue weighted by molar-refractivity contribution is -0.176. The number of piperidine rings is 1. The molecule has 0 radical (unpaired) electrons. The first-order valence-corrected chi connectivity index (χ1v) is 9.07. The monoisotopic (exact) mass is 372 g/mol. The van der Waals surface area contributed by atoms with Gasteiger partial charge in [-0.3, -0.25) is 4.79 Å². The molecule has 1 saturated heterocycles. The quantitative estimate of drug-likeness (QED) is 0.709. The lowest BCUT2D eigenvalue weighted by Crippen LogP contribution is -2.36. The molecule has 1 N–H and O–H groups in total. The van der Waals surface area contributed by atoms with Crippen LogP contribution in [-0.2, 0) is 11.3 Å². The normalized spacial score (nSPS) is 18.7. The summed E-state index contributed by atoms with van der Waals surface area (Å²) in [7, 11) is 0. The second-order valence-electron chi connectivity index (χ2n) is 6.96. The molecule has 1 aromatic carbocycles. The third-order valence-electron chi connectivity index (χ3n) is 4.43. The van der Waals surface area contributed by atoms with Gasteiger partial charge >= 0.3 is 6.18 Å². The molecule has 1 aliphatic rings. The SMILES string of the molecule is CC1CCCN(CCCNC(=O)c2ccc(COCC(F)(F)F)cc2)C1. The summed E-state index contributed by atoms with van der Waals surface area (Å²) in [5, 5.41) is 2.89. The largest absolute Gasteiger partial charge is 0.411 e. The number of rotatable bonds is 8. The highest BCUT2D eigenvalue weighted by Crippen LogP contribution is 2.16. The molecule has 2 rings (SSSR count). The molecule has 1 amide bonds. The van der Waals surface area contributed by atoms with E-state index in [0.717, 1.165) is 32.0 Å². The second kappa shape index (κ2) is 9.92. The van der Waals surface area contributed by atoms with Crippen molar-refractivity contribution in [2.45, 2.75) is 39.0 Å². The number of nitrogens with zero attached hydrogens (tertiary/aromatic N) is 1. The smallest absolute Gasteiger partial charge is 0.367 e. The molecule has 0 bridgehead atoms. The predicted molar refractivity (Wildman–Crippen MR) is 93.9 cm³/mol. The lowest BCUT2D eigenvalue weighted by Gasteiger charge is -2.30. The van der Waals surface area contributed by atoms with E-state index in [1.165, 1.54) is 12.8 Å². The maximum absolute atomic E-state index is 12.1. The van der Waals surface area contributed by atoms with Gasteiger partial charge in [0.05, 0.1) is 6.61 Å². The molecule has 1 unspecified atom stereocenters. The molecular formula is C19H27F3N2O2. The molecule has 146 valence electrons. The van der Waals surface area contributed by atoms with Crippen LogP contribution in [0.5, 0.6) is 0 Å². The van der Waals surface area contributed by atoms with E-state index >= 15 is 0 Å². The van der Waals surface area contributed by atoms with Crippen LogP contribution in [0.4, 0.5) is 13.2 Å². The summed E-state index contributed by atoms with van der Waals surface area (Å²) in [5.74, 6) is 0.580. The Bertz CT molecular complexity index is 561. The summed E-state index contributed by atoms with van der Waals surface area (Å²) in [4.78, 5) is 14.5. The third-order valence-corrected chi connectivity index (χ3v) is 4.43. The highest BCUT2D eigenvalue weighted by atomic mass is 19.4. The zero-order valence-electron chi connectivity index (χ0n) is 15.1. The fraction of sp³-hybridized carbons (Fsp3) is 0.632. The van der Waals surface area contributed by atoms with E-state index in [0.29, 0.717) is 17.7 Å². The lowest BCUT2D eigenvalue weighted by atomic mass is 10.0. The molecule has 4 nitrogen and oxygen atoms in total. The van der Waals surface area contributed by atoms with E-state index in [4.69, 9.17) is 0 Å². The number of hydrogen-bond acceptors (Lipinski definition) is 3. The predicted octanol–water partition coefficient (Wildman–Crippen LogP) is 3.62. The summed E-state index contributed by atoms with van der Waals surface area (Å²) in [6, 6.07) is 6.43. The first-order valence-electron chi connectivity index (χ1n) is 9.07. The molecule has 0 aromatic heterocycles. The van der Waals surface area contributed by atoms with Crippen molar-refractivity contribution in [3.8, 4) is 0 Å². The molecule has 7 heteroatoms. The minimum atomic E-state index is -4.33. The summed E-state index contributed by atoms with van der Waals surface area (Å²) < 4.78 is 40.7. The van der Waals surface area contributed by atoms with Crippen molar-refractivity contribution < 1.29 is 22.7 Å². The molecule has 1 fully saturated rings. The summed E-state index contributed by atoms with van der Waals surface area (Å²) in [6.07, 6.45) is -0.884. The van der Waals surface area contributed by atoms with Gasteiger partial charge in [-0.2, -0.15) is 13.2 Å². The van der Waals surface area contributed by atoms with Gasteiger partial charge in [-0.15, -0.1) is 0 Å². The van der Waals surface area contributed by atoms with Crippen molar-refractivity contribution >= 4 is 5.91 Å². The maximum Gasteiger partial charge on any atom is 0.411 e.